The molecular formula is C15H23NO. The van der Waals surface area contributed by atoms with Crippen LogP contribution < -0.4 is 5.32 Å². The van der Waals surface area contributed by atoms with Crippen LogP contribution in [-0.4, -0.2) is 19.2 Å². The molecule has 0 spiro atoms. The molecule has 2 rings (SSSR count). The Labute approximate surface area is 104 Å². The number of benzene rings is 1. The van der Waals surface area contributed by atoms with Crippen LogP contribution in [0.1, 0.15) is 42.6 Å². The normalized spacial score (nSPS) is 24.9. The second kappa shape index (κ2) is 5.65. The molecule has 1 heterocycles. The smallest absolute Gasteiger partial charge is 0.0842 e. The van der Waals surface area contributed by atoms with E-state index >= 15 is 0 Å². The average molecular weight is 233 g/mol. The molecule has 2 atom stereocenters. The number of aryl methyl sites for hydroxylation is 1. The fraction of sp³-hybridized carbons (Fsp3) is 0.600. The minimum atomic E-state index is 0.271. The molecule has 1 aromatic rings. The molecule has 0 radical (unpaired) electrons. The highest BCUT2D eigenvalue weighted by molar-refractivity contribution is 5.35. The van der Waals surface area contributed by atoms with E-state index in [0.717, 1.165) is 26.0 Å². The third-order valence-corrected chi connectivity index (χ3v) is 3.77. The lowest BCUT2D eigenvalue weighted by Crippen LogP contribution is -2.36. The second-order valence-corrected chi connectivity index (χ2v) is 4.93. The molecule has 1 fully saturated rings. The van der Waals surface area contributed by atoms with Crippen molar-refractivity contribution in [2.75, 3.05) is 13.2 Å². The summed E-state index contributed by atoms with van der Waals surface area (Å²) in [5, 5.41) is 3.54. The van der Waals surface area contributed by atoms with Gasteiger partial charge in [-0.2, -0.15) is 0 Å². The van der Waals surface area contributed by atoms with E-state index in [4.69, 9.17) is 4.74 Å². The van der Waals surface area contributed by atoms with Crippen molar-refractivity contribution in [2.24, 2.45) is 0 Å². The van der Waals surface area contributed by atoms with Gasteiger partial charge in [-0.15, -0.1) is 0 Å². The number of rotatable bonds is 3. The fourth-order valence-corrected chi connectivity index (χ4v) is 2.61. The molecule has 0 saturated carbocycles. The van der Waals surface area contributed by atoms with E-state index in [1.54, 1.807) is 0 Å². The summed E-state index contributed by atoms with van der Waals surface area (Å²) in [6.07, 6.45) is 2.50. The SMILES string of the molecule is CCNC1CCOC(c2cccc(C)c2C)C1. The standard InChI is InChI=1S/C15H23NO/c1-4-16-13-8-9-17-15(10-13)14-7-5-6-11(2)12(14)3/h5-7,13,15-16H,4,8-10H2,1-3H3. The molecule has 17 heavy (non-hydrogen) atoms. The van der Waals surface area contributed by atoms with Crippen LogP contribution in [0.2, 0.25) is 0 Å². The summed E-state index contributed by atoms with van der Waals surface area (Å²) in [5.74, 6) is 0. The molecule has 2 unspecified atom stereocenters. The van der Waals surface area contributed by atoms with Crippen molar-refractivity contribution >= 4 is 0 Å². The molecule has 94 valence electrons. The fourth-order valence-electron chi connectivity index (χ4n) is 2.61. The molecule has 0 amide bonds. The molecule has 1 aliphatic rings. The maximum absolute atomic E-state index is 5.94. The van der Waals surface area contributed by atoms with E-state index in [9.17, 15) is 0 Å². The summed E-state index contributed by atoms with van der Waals surface area (Å²) >= 11 is 0. The van der Waals surface area contributed by atoms with Gasteiger partial charge in [-0.1, -0.05) is 25.1 Å². The quantitative estimate of drug-likeness (QED) is 0.866. The monoisotopic (exact) mass is 233 g/mol. The van der Waals surface area contributed by atoms with Crippen molar-refractivity contribution in [2.45, 2.75) is 45.8 Å². The molecule has 0 aromatic heterocycles. The second-order valence-electron chi connectivity index (χ2n) is 4.93. The first-order valence-electron chi connectivity index (χ1n) is 6.63. The highest BCUT2D eigenvalue weighted by Gasteiger charge is 2.24. The molecule has 0 bridgehead atoms. The summed E-state index contributed by atoms with van der Waals surface area (Å²) in [6.45, 7) is 8.45. The van der Waals surface area contributed by atoms with Crippen LogP contribution in [-0.2, 0) is 4.74 Å². The Kier molecular flexibility index (Phi) is 4.19. The summed E-state index contributed by atoms with van der Waals surface area (Å²) in [5.41, 5.74) is 4.11. The zero-order valence-electron chi connectivity index (χ0n) is 11.1. The van der Waals surface area contributed by atoms with Crippen LogP contribution in [0.25, 0.3) is 0 Å². The maximum atomic E-state index is 5.94. The summed E-state index contributed by atoms with van der Waals surface area (Å²) in [4.78, 5) is 0. The molecule has 1 aromatic carbocycles. The van der Waals surface area contributed by atoms with E-state index in [-0.39, 0.29) is 6.10 Å². The lowest BCUT2D eigenvalue weighted by Gasteiger charge is -2.31. The topological polar surface area (TPSA) is 21.3 Å². The molecular weight excluding hydrogens is 210 g/mol. The first kappa shape index (κ1) is 12.6. The van der Waals surface area contributed by atoms with Crippen LogP contribution >= 0.6 is 0 Å². The van der Waals surface area contributed by atoms with Gasteiger partial charge in [0, 0.05) is 12.6 Å². The molecule has 1 aliphatic heterocycles. The highest BCUT2D eigenvalue weighted by atomic mass is 16.5. The minimum Gasteiger partial charge on any atom is -0.373 e. The van der Waals surface area contributed by atoms with Crippen LogP contribution in [0.4, 0.5) is 0 Å². The average Bonchev–Trinajstić information content (AvgIpc) is 2.33. The van der Waals surface area contributed by atoms with Gasteiger partial charge in [0.2, 0.25) is 0 Å². The number of nitrogens with one attached hydrogen (secondary N) is 1. The lowest BCUT2D eigenvalue weighted by atomic mass is 9.92. The van der Waals surface area contributed by atoms with Crippen LogP contribution in [0.15, 0.2) is 18.2 Å². The van der Waals surface area contributed by atoms with Crippen LogP contribution in [0.3, 0.4) is 0 Å². The Hall–Kier alpha value is -0.860. The first-order valence-corrected chi connectivity index (χ1v) is 6.63. The van der Waals surface area contributed by atoms with E-state index in [1.807, 2.05) is 0 Å². The zero-order valence-corrected chi connectivity index (χ0v) is 11.1. The number of ether oxygens (including phenoxy) is 1. The highest BCUT2D eigenvalue weighted by Crippen LogP contribution is 2.31. The maximum Gasteiger partial charge on any atom is 0.0842 e. The van der Waals surface area contributed by atoms with Crippen molar-refractivity contribution < 1.29 is 4.74 Å². The minimum absolute atomic E-state index is 0.271. The van der Waals surface area contributed by atoms with Gasteiger partial charge < -0.3 is 10.1 Å². The van der Waals surface area contributed by atoms with E-state index < -0.39 is 0 Å². The van der Waals surface area contributed by atoms with E-state index in [0.29, 0.717) is 6.04 Å². The van der Waals surface area contributed by atoms with Gasteiger partial charge >= 0.3 is 0 Å². The molecule has 2 nitrogen and oxygen atoms in total. The van der Waals surface area contributed by atoms with E-state index in [2.05, 4.69) is 44.3 Å². The van der Waals surface area contributed by atoms with Crippen LogP contribution in [0, 0.1) is 13.8 Å². The summed E-state index contributed by atoms with van der Waals surface area (Å²) in [7, 11) is 0. The molecule has 0 aliphatic carbocycles. The van der Waals surface area contributed by atoms with Gasteiger partial charge in [0.25, 0.3) is 0 Å². The third kappa shape index (κ3) is 2.88. The van der Waals surface area contributed by atoms with Gasteiger partial charge in [-0.3, -0.25) is 0 Å². The molecule has 2 heteroatoms. The predicted molar refractivity (Wildman–Crippen MR) is 71.3 cm³/mol. The van der Waals surface area contributed by atoms with Crippen molar-refractivity contribution in [1.82, 2.24) is 5.32 Å². The van der Waals surface area contributed by atoms with Crippen LogP contribution in [0.5, 0.6) is 0 Å². The lowest BCUT2D eigenvalue weighted by molar-refractivity contribution is 0.000222. The van der Waals surface area contributed by atoms with Gasteiger partial charge in [0.15, 0.2) is 0 Å². The largest absolute Gasteiger partial charge is 0.373 e. The zero-order chi connectivity index (χ0) is 12.3. The summed E-state index contributed by atoms with van der Waals surface area (Å²) < 4.78 is 5.94. The van der Waals surface area contributed by atoms with E-state index in [1.165, 1.54) is 16.7 Å². The van der Waals surface area contributed by atoms with Crippen molar-refractivity contribution in [3.8, 4) is 0 Å². The van der Waals surface area contributed by atoms with Gasteiger partial charge in [-0.05, 0) is 49.9 Å². The van der Waals surface area contributed by atoms with Gasteiger partial charge in [0.1, 0.15) is 0 Å². The number of hydrogen-bond acceptors (Lipinski definition) is 2. The predicted octanol–water partition coefficient (Wildman–Crippen LogP) is 3.13. The Morgan fingerprint density at radius 2 is 2.18 bits per heavy atom. The summed E-state index contributed by atoms with van der Waals surface area (Å²) in [6, 6.07) is 7.13. The first-order chi connectivity index (χ1) is 8.22. The Balaban J connectivity index is 2.13. The van der Waals surface area contributed by atoms with Crippen molar-refractivity contribution in [3.63, 3.8) is 0 Å². The van der Waals surface area contributed by atoms with Crippen molar-refractivity contribution in [1.29, 1.82) is 0 Å². The number of hydrogen-bond donors (Lipinski definition) is 1. The van der Waals surface area contributed by atoms with Crippen molar-refractivity contribution in [3.05, 3.63) is 34.9 Å². The Morgan fingerprint density at radius 3 is 2.94 bits per heavy atom. The van der Waals surface area contributed by atoms with Gasteiger partial charge in [0.05, 0.1) is 6.10 Å². The molecule has 1 saturated heterocycles. The molecule has 1 N–H and O–H groups in total. The third-order valence-electron chi connectivity index (χ3n) is 3.77. The Morgan fingerprint density at radius 1 is 1.35 bits per heavy atom. The Bertz CT molecular complexity index is 373. The van der Waals surface area contributed by atoms with Gasteiger partial charge in [-0.25, -0.2) is 0 Å².